The Bertz CT molecular complexity index is 2510. The van der Waals surface area contributed by atoms with E-state index in [-0.39, 0.29) is 12.0 Å². The van der Waals surface area contributed by atoms with Gasteiger partial charge >= 0.3 is 0 Å². The van der Waals surface area contributed by atoms with Gasteiger partial charge in [-0.1, -0.05) is 146 Å². The van der Waals surface area contributed by atoms with E-state index >= 15 is 0 Å². The molecule has 0 saturated carbocycles. The van der Waals surface area contributed by atoms with Crippen molar-refractivity contribution in [2.75, 3.05) is 16.8 Å². The zero-order chi connectivity index (χ0) is 33.6. The Morgan fingerprint density at radius 3 is 1.60 bits per heavy atom. The highest BCUT2D eigenvalue weighted by Crippen LogP contribution is 2.40. The summed E-state index contributed by atoms with van der Waals surface area (Å²) >= 11 is 0. The third kappa shape index (κ3) is 5.30. The average molecular weight is 643 g/mol. The molecule has 2 atom stereocenters. The molecule has 0 bridgehead atoms. The molecule has 2 nitrogen and oxygen atoms in total. The monoisotopic (exact) mass is 642 g/mol. The van der Waals surface area contributed by atoms with Gasteiger partial charge in [0, 0.05) is 35.2 Å². The van der Waals surface area contributed by atoms with Gasteiger partial charge in [-0.2, -0.15) is 0 Å². The summed E-state index contributed by atoms with van der Waals surface area (Å²) in [5, 5.41) is 10.1. The molecule has 1 aliphatic rings. The molecule has 9 rings (SSSR count). The molecule has 0 radical (unpaired) electrons. The highest BCUT2D eigenvalue weighted by molar-refractivity contribution is 6.13. The number of rotatable bonds is 6. The lowest BCUT2D eigenvalue weighted by molar-refractivity contribution is 0.612. The Morgan fingerprint density at radius 2 is 0.980 bits per heavy atom. The maximum Gasteiger partial charge on any atom is 0.0585 e. The Balaban J connectivity index is 1.04. The molecule has 1 aliphatic carbocycles. The van der Waals surface area contributed by atoms with Crippen molar-refractivity contribution in [3.8, 4) is 0 Å². The van der Waals surface area contributed by atoms with Crippen LogP contribution in [-0.2, 0) is 0 Å². The van der Waals surface area contributed by atoms with E-state index in [4.69, 9.17) is 0 Å². The van der Waals surface area contributed by atoms with Gasteiger partial charge in [0.05, 0.1) is 6.04 Å². The number of hydrogen-bond donors (Lipinski definition) is 0. The number of benzene rings is 8. The van der Waals surface area contributed by atoms with Gasteiger partial charge in [-0.3, -0.25) is 0 Å². The smallest absolute Gasteiger partial charge is 0.0585 e. The fraction of sp³-hybridized carbons (Fsp3) is 0.0833. The van der Waals surface area contributed by atoms with Crippen molar-refractivity contribution >= 4 is 71.4 Å². The predicted octanol–water partition coefficient (Wildman–Crippen LogP) is 12.9. The van der Waals surface area contributed by atoms with Crippen LogP contribution in [0.15, 0.2) is 182 Å². The number of anilines is 4. The van der Waals surface area contributed by atoms with Crippen molar-refractivity contribution in [3.63, 3.8) is 0 Å². The molecular weight excluding hydrogens is 605 g/mol. The Kier molecular flexibility index (Phi) is 7.43. The summed E-state index contributed by atoms with van der Waals surface area (Å²) in [6, 6.07) is 59.9. The lowest BCUT2D eigenvalue weighted by Crippen LogP contribution is -2.35. The first-order valence-corrected chi connectivity index (χ1v) is 17.5. The largest absolute Gasteiger partial charge is 0.344 e. The van der Waals surface area contributed by atoms with Gasteiger partial charge in [0.25, 0.3) is 0 Å². The summed E-state index contributed by atoms with van der Waals surface area (Å²) in [7, 11) is 2.17. The lowest BCUT2D eigenvalue weighted by Gasteiger charge is -2.37. The van der Waals surface area contributed by atoms with Crippen LogP contribution in [0, 0.1) is 5.92 Å². The molecule has 0 spiro atoms. The highest BCUT2D eigenvalue weighted by atomic mass is 15.2. The predicted molar refractivity (Wildman–Crippen MR) is 216 cm³/mol. The van der Waals surface area contributed by atoms with Gasteiger partial charge in [0.15, 0.2) is 0 Å². The van der Waals surface area contributed by atoms with Crippen LogP contribution >= 0.6 is 0 Å². The van der Waals surface area contributed by atoms with Gasteiger partial charge in [-0.15, -0.1) is 0 Å². The van der Waals surface area contributed by atoms with Crippen molar-refractivity contribution in [3.05, 3.63) is 188 Å². The minimum absolute atomic E-state index is 0.160. The highest BCUT2D eigenvalue weighted by Gasteiger charge is 2.26. The van der Waals surface area contributed by atoms with Gasteiger partial charge in [0.1, 0.15) is 0 Å². The lowest BCUT2D eigenvalue weighted by atomic mass is 9.88. The maximum atomic E-state index is 2.51. The van der Waals surface area contributed by atoms with E-state index < -0.39 is 0 Å². The number of hydrogen-bond acceptors (Lipinski definition) is 2. The maximum absolute atomic E-state index is 2.51. The Labute approximate surface area is 293 Å². The molecule has 240 valence electrons. The Hall–Kier alpha value is -6.12. The van der Waals surface area contributed by atoms with Crippen molar-refractivity contribution in [1.29, 1.82) is 0 Å². The number of fused-ring (bicyclic) bond motifs is 5. The number of allylic oxidation sites excluding steroid dienone is 2. The summed E-state index contributed by atoms with van der Waals surface area (Å²) in [6.45, 7) is 2.34. The fourth-order valence-corrected chi connectivity index (χ4v) is 7.80. The van der Waals surface area contributed by atoms with Crippen LogP contribution < -0.4 is 9.80 Å². The quantitative estimate of drug-likeness (QED) is 0.167. The van der Waals surface area contributed by atoms with E-state index in [1.807, 2.05) is 0 Å². The van der Waals surface area contributed by atoms with Crippen molar-refractivity contribution < 1.29 is 0 Å². The molecule has 2 heteroatoms. The topological polar surface area (TPSA) is 6.48 Å². The van der Waals surface area contributed by atoms with Crippen molar-refractivity contribution in [2.45, 2.75) is 13.0 Å². The van der Waals surface area contributed by atoms with E-state index in [9.17, 15) is 0 Å². The molecule has 0 fully saturated rings. The molecule has 8 aromatic rings. The fourth-order valence-electron chi connectivity index (χ4n) is 7.80. The minimum atomic E-state index is 0.160. The van der Waals surface area contributed by atoms with Crippen molar-refractivity contribution in [2.24, 2.45) is 5.92 Å². The van der Waals surface area contributed by atoms with Crippen LogP contribution in [0.25, 0.3) is 48.7 Å². The summed E-state index contributed by atoms with van der Waals surface area (Å²) in [5.41, 5.74) is 7.27. The minimum Gasteiger partial charge on any atom is -0.344 e. The molecular formula is C48H38N2. The first-order valence-electron chi connectivity index (χ1n) is 17.5. The molecule has 0 amide bonds. The summed E-state index contributed by atoms with van der Waals surface area (Å²) in [6.07, 6.45) is 7.15. The summed E-state index contributed by atoms with van der Waals surface area (Å²) < 4.78 is 0. The number of nitrogens with zero attached hydrogens (tertiary/aromatic N) is 2. The summed E-state index contributed by atoms with van der Waals surface area (Å²) in [4.78, 5) is 4.83. The van der Waals surface area contributed by atoms with Crippen LogP contribution in [-0.4, -0.2) is 13.1 Å². The second-order valence-electron chi connectivity index (χ2n) is 13.5. The molecule has 8 aromatic carbocycles. The second kappa shape index (κ2) is 12.4. The van der Waals surface area contributed by atoms with Crippen LogP contribution in [0.5, 0.6) is 0 Å². The van der Waals surface area contributed by atoms with Gasteiger partial charge in [-0.05, 0) is 97.2 Å². The van der Waals surface area contributed by atoms with E-state index in [1.54, 1.807) is 0 Å². The second-order valence-corrected chi connectivity index (χ2v) is 13.5. The molecule has 2 unspecified atom stereocenters. The SMILES string of the molecule is CC1C=C(c2ccc(N(C)c3cc4ccccc4c4ccccc34)cc2)C=CC1N(c1ccc2ccccc2c1)c1ccc2ccccc2c1. The first-order chi connectivity index (χ1) is 24.6. The van der Waals surface area contributed by atoms with E-state index in [0.29, 0.717) is 0 Å². The van der Waals surface area contributed by atoms with Gasteiger partial charge < -0.3 is 9.80 Å². The average Bonchev–Trinajstić information content (AvgIpc) is 3.18. The first kappa shape index (κ1) is 30.0. The molecule has 0 saturated heterocycles. The third-order valence-corrected chi connectivity index (χ3v) is 10.5. The van der Waals surface area contributed by atoms with Crippen LogP contribution in [0.3, 0.4) is 0 Å². The zero-order valence-electron chi connectivity index (χ0n) is 28.4. The zero-order valence-corrected chi connectivity index (χ0v) is 28.4. The van der Waals surface area contributed by atoms with Crippen LogP contribution in [0.2, 0.25) is 0 Å². The molecule has 50 heavy (non-hydrogen) atoms. The summed E-state index contributed by atoms with van der Waals surface area (Å²) in [5.74, 6) is 0.277. The molecule has 0 aliphatic heterocycles. The van der Waals surface area contributed by atoms with E-state index in [1.165, 1.54) is 77.0 Å². The normalized spacial score (nSPS) is 15.8. The Morgan fingerprint density at radius 1 is 0.460 bits per heavy atom. The molecule has 0 aromatic heterocycles. The van der Waals surface area contributed by atoms with Crippen LogP contribution in [0.1, 0.15) is 12.5 Å². The van der Waals surface area contributed by atoms with Crippen LogP contribution in [0.4, 0.5) is 22.7 Å². The molecule has 0 heterocycles. The molecule has 0 N–H and O–H groups in total. The van der Waals surface area contributed by atoms with Crippen molar-refractivity contribution in [1.82, 2.24) is 0 Å². The van der Waals surface area contributed by atoms with Gasteiger partial charge in [0.2, 0.25) is 0 Å². The van der Waals surface area contributed by atoms with Gasteiger partial charge in [-0.25, -0.2) is 0 Å². The van der Waals surface area contributed by atoms with E-state index in [0.717, 1.165) is 0 Å². The third-order valence-electron chi connectivity index (χ3n) is 10.5. The van der Waals surface area contributed by atoms with E-state index in [2.05, 4.69) is 206 Å². The standard InChI is InChI=1S/C48H38N2/c1-33-29-39(36-19-24-41(25-20-36)49(2)48-32-40-15-7-8-16-44(40)45-17-9-10-18-46(45)48)23-28-47(33)50(42-26-21-34-11-3-5-13-37(34)30-42)43-27-22-35-12-4-6-14-38(35)31-43/h3-33,47H,1-2H3.